The van der Waals surface area contributed by atoms with Crippen molar-refractivity contribution in [3.63, 3.8) is 0 Å². The van der Waals surface area contributed by atoms with Gasteiger partial charge in [-0.15, -0.1) is 0 Å². The third-order valence-corrected chi connectivity index (χ3v) is 4.13. The Morgan fingerprint density at radius 2 is 2.20 bits per heavy atom. The van der Waals surface area contributed by atoms with Crippen molar-refractivity contribution in [3.8, 4) is 0 Å². The van der Waals surface area contributed by atoms with E-state index in [4.69, 9.17) is 9.84 Å². The Balaban J connectivity index is 1.50. The zero-order valence-electron chi connectivity index (χ0n) is 11.4. The smallest absolute Gasteiger partial charge is 0.335 e. The molecule has 5 heteroatoms. The van der Waals surface area contributed by atoms with Gasteiger partial charge in [0.25, 0.3) is 0 Å². The molecule has 0 amide bonds. The fourth-order valence-corrected chi connectivity index (χ4v) is 2.97. The summed E-state index contributed by atoms with van der Waals surface area (Å²) in [7, 11) is 0. The third kappa shape index (κ3) is 2.94. The molecule has 2 aliphatic heterocycles. The van der Waals surface area contributed by atoms with Gasteiger partial charge in [0.1, 0.15) is 0 Å². The highest BCUT2D eigenvalue weighted by molar-refractivity contribution is 5.87. The molecule has 20 heavy (non-hydrogen) atoms. The maximum atomic E-state index is 10.8. The summed E-state index contributed by atoms with van der Waals surface area (Å²) in [5, 5.41) is 12.2. The van der Waals surface area contributed by atoms with Crippen molar-refractivity contribution < 1.29 is 14.6 Å². The minimum absolute atomic E-state index is 0.212. The maximum absolute atomic E-state index is 10.8. The monoisotopic (exact) mass is 276 g/mol. The molecule has 2 heterocycles. The van der Waals surface area contributed by atoms with Gasteiger partial charge < -0.3 is 15.2 Å². The molecular formula is C15H20N2O3. The summed E-state index contributed by atoms with van der Waals surface area (Å²) >= 11 is 0. The SMILES string of the molecule is O=C(O)c1ccc(NCC2CN3CCCC3CO2)cc1. The second kappa shape index (κ2) is 5.81. The molecule has 0 spiro atoms. The molecule has 0 saturated carbocycles. The number of carbonyl (C=O) groups is 1. The van der Waals surface area contributed by atoms with E-state index < -0.39 is 5.97 Å². The van der Waals surface area contributed by atoms with E-state index in [-0.39, 0.29) is 6.10 Å². The van der Waals surface area contributed by atoms with Crippen LogP contribution >= 0.6 is 0 Å². The molecule has 2 fully saturated rings. The Labute approximate surface area is 118 Å². The van der Waals surface area contributed by atoms with E-state index >= 15 is 0 Å². The largest absolute Gasteiger partial charge is 0.478 e. The number of hydrogen-bond acceptors (Lipinski definition) is 4. The lowest BCUT2D eigenvalue weighted by Crippen LogP contribution is -2.48. The van der Waals surface area contributed by atoms with Crippen molar-refractivity contribution in [2.24, 2.45) is 0 Å². The molecule has 2 aliphatic rings. The van der Waals surface area contributed by atoms with Gasteiger partial charge >= 0.3 is 5.97 Å². The van der Waals surface area contributed by atoms with E-state index in [0.717, 1.165) is 25.4 Å². The van der Waals surface area contributed by atoms with E-state index in [0.29, 0.717) is 11.6 Å². The highest BCUT2D eigenvalue weighted by Crippen LogP contribution is 2.22. The van der Waals surface area contributed by atoms with Crippen LogP contribution < -0.4 is 5.32 Å². The average molecular weight is 276 g/mol. The van der Waals surface area contributed by atoms with E-state index in [1.807, 2.05) is 0 Å². The molecule has 2 N–H and O–H groups in total. The van der Waals surface area contributed by atoms with Crippen molar-refractivity contribution >= 4 is 11.7 Å². The van der Waals surface area contributed by atoms with Gasteiger partial charge in [-0.25, -0.2) is 4.79 Å². The minimum atomic E-state index is -0.896. The molecule has 2 atom stereocenters. The first-order valence-electron chi connectivity index (χ1n) is 7.15. The van der Waals surface area contributed by atoms with Gasteiger partial charge in [0, 0.05) is 24.8 Å². The molecule has 3 rings (SSSR count). The normalized spacial score (nSPS) is 26.2. The quantitative estimate of drug-likeness (QED) is 0.875. The van der Waals surface area contributed by atoms with Crippen molar-refractivity contribution in [3.05, 3.63) is 29.8 Å². The molecule has 0 aromatic heterocycles. The summed E-state index contributed by atoms with van der Waals surface area (Å²) in [6.45, 7) is 3.78. The first kappa shape index (κ1) is 13.4. The topological polar surface area (TPSA) is 61.8 Å². The van der Waals surface area contributed by atoms with Crippen molar-refractivity contribution in [2.45, 2.75) is 25.0 Å². The number of benzene rings is 1. The standard InChI is InChI=1S/C15H20N2O3/c18-15(19)11-3-5-12(6-4-11)16-8-14-9-17-7-1-2-13(17)10-20-14/h3-6,13-14,16H,1-2,7-10H2,(H,18,19). The van der Waals surface area contributed by atoms with Crippen LogP contribution in [0.2, 0.25) is 0 Å². The van der Waals surface area contributed by atoms with Crippen LogP contribution in [0.1, 0.15) is 23.2 Å². The number of nitrogens with zero attached hydrogens (tertiary/aromatic N) is 1. The molecule has 1 aromatic rings. The number of fused-ring (bicyclic) bond motifs is 1. The lowest BCUT2D eigenvalue weighted by atomic mass is 10.1. The predicted molar refractivity (Wildman–Crippen MR) is 76.2 cm³/mol. The van der Waals surface area contributed by atoms with Gasteiger partial charge in [0.05, 0.1) is 18.3 Å². The molecular weight excluding hydrogens is 256 g/mol. The van der Waals surface area contributed by atoms with Crippen LogP contribution in [0.4, 0.5) is 5.69 Å². The second-order valence-electron chi connectivity index (χ2n) is 5.51. The Hall–Kier alpha value is -1.59. The van der Waals surface area contributed by atoms with Gasteiger partial charge in [-0.05, 0) is 43.7 Å². The van der Waals surface area contributed by atoms with Crippen molar-refractivity contribution in [1.29, 1.82) is 0 Å². The fraction of sp³-hybridized carbons (Fsp3) is 0.533. The van der Waals surface area contributed by atoms with Crippen LogP contribution in [0.25, 0.3) is 0 Å². The number of morpholine rings is 1. The molecule has 0 aliphatic carbocycles. The molecule has 1 aromatic carbocycles. The van der Waals surface area contributed by atoms with E-state index in [1.54, 1.807) is 24.3 Å². The van der Waals surface area contributed by atoms with Crippen LogP contribution in [-0.4, -0.2) is 54.4 Å². The lowest BCUT2D eigenvalue weighted by molar-refractivity contribution is -0.0415. The van der Waals surface area contributed by atoms with Crippen LogP contribution in [-0.2, 0) is 4.74 Å². The molecule has 2 saturated heterocycles. The first-order chi connectivity index (χ1) is 9.72. The fourth-order valence-electron chi connectivity index (χ4n) is 2.97. The Morgan fingerprint density at radius 3 is 2.95 bits per heavy atom. The van der Waals surface area contributed by atoms with Crippen LogP contribution in [0.15, 0.2) is 24.3 Å². The summed E-state index contributed by atoms with van der Waals surface area (Å²) in [4.78, 5) is 13.3. The van der Waals surface area contributed by atoms with Crippen molar-refractivity contribution in [1.82, 2.24) is 4.90 Å². The zero-order valence-corrected chi connectivity index (χ0v) is 11.4. The number of hydrogen-bond donors (Lipinski definition) is 2. The second-order valence-corrected chi connectivity index (χ2v) is 5.51. The Morgan fingerprint density at radius 1 is 1.40 bits per heavy atom. The molecule has 0 radical (unpaired) electrons. The molecule has 0 bridgehead atoms. The number of carboxylic acid groups (broad SMARTS) is 1. The van der Waals surface area contributed by atoms with Gasteiger partial charge in [0.15, 0.2) is 0 Å². The highest BCUT2D eigenvalue weighted by Gasteiger charge is 2.31. The van der Waals surface area contributed by atoms with Gasteiger partial charge in [-0.2, -0.15) is 0 Å². The maximum Gasteiger partial charge on any atom is 0.335 e. The number of carboxylic acids is 1. The first-order valence-corrected chi connectivity index (χ1v) is 7.15. The van der Waals surface area contributed by atoms with Gasteiger partial charge in [0.2, 0.25) is 0 Å². The van der Waals surface area contributed by atoms with Gasteiger partial charge in [-0.3, -0.25) is 4.90 Å². The van der Waals surface area contributed by atoms with Gasteiger partial charge in [-0.1, -0.05) is 0 Å². The summed E-state index contributed by atoms with van der Waals surface area (Å²) < 4.78 is 5.88. The molecule has 5 nitrogen and oxygen atoms in total. The minimum Gasteiger partial charge on any atom is -0.478 e. The molecule has 2 unspecified atom stereocenters. The summed E-state index contributed by atoms with van der Waals surface area (Å²) in [6.07, 6.45) is 2.75. The van der Waals surface area contributed by atoms with Crippen LogP contribution in [0.5, 0.6) is 0 Å². The Kier molecular flexibility index (Phi) is 3.89. The van der Waals surface area contributed by atoms with E-state index in [9.17, 15) is 4.79 Å². The molecule has 108 valence electrons. The average Bonchev–Trinajstić information content (AvgIpc) is 2.93. The van der Waals surface area contributed by atoms with Crippen LogP contribution in [0, 0.1) is 0 Å². The number of aromatic carboxylic acids is 1. The van der Waals surface area contributed by atoms with E-state index in [1.165, 1.54) is 19.4 Å². The highest BCUT2D eigenvalue weighted by atomic mass is 16.5. The predicted octanol–water partition coefficient (Wildman–Crippen LogP) is 1.66. The number of nitrogens with one attached hydrogen (secondary N) is 1. The summed E-state index contributed by atoms with van der Waals surface area (Å²) in [5.74, 6) is -0.896. The third-order valence-electron chi connectivity index (χ3n) is 4.13. The number of ether oxygens (including phenoxy) is 1. The zero-order chi connectivity index (χ0) is 13.9. The van der Waals surface area contributed by atoms with Crippen molar-refractivity contribution in [2.75, 3.05) is 31.6 Å². The lowest BCUT2D eigenvalue weighted by Gasteiger charge is -2.35. The van der Waals surface area contributed by atoms with Crippen LogP contribution in [0.3, 0.4) is 0 Å². The van der Waals surface area contributed by atoms with E-state index in [2.05, 4.69) is 10.2 Å². The number of anilines is 1. The summed E-state index contributed by atoms with van der Waals surface area (Å²) in [5.41, 5.74) is 1.24. The Bertz CT molecular complexity index is 475. The summed E-state index contributed by atoms with van der Waals surface area (Å²) in [6, 6.07) is 7.45. The number of rotatable bonds is 4.